The van der Waals surface area contributed by atoms with Gasteiger partial charge in [0.15, 0.2) is 9.84 Å². The smallest absolute Gasteiger partial charge is 0.331 e. The molecule has 6 rings (SSSR count). The number of hydrogen-bond donors (Lipinski definition) is 2. The van der Waals surface area contributed by atoms with E-state index in [1.807, 2.05) is 4.72 Å². The largest absolute Gasteiger partial charge is 0.416 e. The van der Waals surface area contributed by atoms with Gasteiger partial charge < -0.3 is 9.55 Å². The SMILES string of the molecule is Cc1cc2c(cc1S(=O)(=O)NC(=O)c1c(-c3ccc[nH]c3=O)c3cc(C(F)(F)F)ccc3n1Cc1ccccc1F)S(=O)(=O)CCC2. The first-order valence-corrected chi connectivity index (χ1v) is 17.3. The fraction of sp³-hybridized carbons (Fsp3) is 0.188. The zero-order valence-electron chi connectivity index (χ0n) is 24.5. The number of sulfonamides is 1. The number of sulfone groups is 1. The number of aryl methyl sites for hydroxylation is 2. The maximum atomic E-state index is 14.9. The third-order valence-electron chi connectivity index (χ3n) is 8.05. The summed E-state index contributed by atoms with van der Waals surface area (Å²) in [5.74, 6) is -2.23. The van der Waals surface area contributed by atoms with Gasteiger partial charge in [0.1, 0.15) is 11.5 Å². The number of carbonyl (C=O) groups excluding carboxylic acids is 1. The molecular formula is C32H25F4N3O6S2. The van der Waals surface area contributed by atoms with Crippen LogP contribution in [0.3, 0.4) is 0 Å². The minimum absolute atomic E-state index is 0.0156. The first kappa shape index (κ1) is 32.2. The summed E-state index contributed by atoms with van der Waals surface area (Å²) in [6.07, 6.45) is -2.78. The van der Waals surface area contributed by atoms with E-state index in [1.165, 1.54) is 49.5 Å². The molecule has 1 amide bonds. The quantitative estimate of drug-likeness (QED) is 0.231. The molecule has 0 atom stereocenters. The van der Waals surface area contributed by atoms with Gasteiger partial charge in [0.2, 0.25) is 0 Å². The second-order valence-electron chi connectivity index (χ2n) is 11.1. The van der Waals surface area contributed by atoms with Crippen LogP contribution in [0.15, 0.2) is 87.5 Å². The van der Waals surface area contributed by atoms with Crippen LogP contribution >= 0.6 is 0 Å². The van der Waals surface area contributed by atoms with E-state index in [9.17, 15) is 44.0 Å². The van der Waals surface area contributed by atoms with Crippen LogP contribution in [0.25, 0.3) is 22.0 Å². The number of rotatable bonds is 6. The maximum Gasteiger partial charge on any atom is 0.416 e. The van der Waals surface area contributed by atoms with Gasteiger partial charge in [-0.05, 0) is 73.4 Å². The molecule has 5 aromatic rings. The normalized spacial score (nSPS) is 14.6. The average molecular weight is 688 g/mol. The molecule has 0 unspecified atom stereocenters. The van der Waals surface area contributed by atoms with Crippen LogP contribution in [0, 0.1) is 12.7 Å². The van der Waals surface area contributed by atoms with Gasteiger partial charge in [-0.1, -0.05) is 24.3 Å². The Labute approximate surface area is 265 Å². The van der Waals surface area contributed by atoms with Gasteiger partial charge in [0.25, 0.3) is 21.5 Å². The first-order valence-electron chi connectivity index (χ1n) is 14.2. The van der Waals surface area contributed by atoms with Crippen LogP contribution in [-0.2, 0) is 39.0 Å². The lowest BCUT2D eigenvalue weighted by molar-refractivity contribution is -0.137. The fourth-order valence-electron chi connectivity index (χ4n) is 5.91. The first-order chi connectivity index (χ1) is 22.1. The predicted molar refractivity (Wildman–Crippen MR) is 165 cm³/mol. The van der Waals surface area contributed by atoms with E-state index in [0.717, 1.165) is 34.9 Å². The summed E-state index contributed by atoms with van der Waals surface area (Å²) < 4.78 is 113. The zero-order chi connectivity index (χ0) is 33.9. The highest BCUT2D eigenvalue weighted by Gasteiger charge is 2.35. The van der Waals surface area contributed by atoms with Crippen molar-refractivity contribution in [2.75, 3.05) is 5.75 Å². The van der Waals surface area contributed by atoms with Crippen molar-refractivity contribution in [2.24, 2.45) is 0 Å². The molecule has 9 nitrogen and oxygen atoms in total. The molecule has 47 heavy (non-hydrogen) atoms. The van der Waals surface area contributed by atoms with Crippen LogP contribution in [0.1, 0.15) is 39.2 Å². The summed E-state index contributed by atoms with van der Waals surface area (Å²) in [7, 11) is -8.61. The Morgan fingerprint density at radius 3 is 2.49 bits per heavy atom. The second-order valence-corrected chi connectivity index (χ2v) is 14.9. The summed E-state index contributed by atoms with van der Waals surface area (Å²) in [6.45, 7) is 1.00. The number of nitrogens with zero attached hydrogens (tertiary/aromatic N) is 1. The Balaban J connectivity index is 1.60. The van der Waals surface area contributed by atoms with Crippen molar-refractivity contribution in [2.45, 2.75) is 42.3 Å². The number of aromatic nitrogens is 2. The Morgan fingerprint density at radius 2 is 1.79 bits per heavy atom. The molecule has 0 fully saturated rings. The molecule has 244 valence electrons. The van der Waals surface area contributed by atoms with E-state index < -0.39 is 66.0 Å². The molecular weight excluding hydrogens is 662 g/mol. The number of nitrogens with one attached hydrogen (secondary N) is 2. The Morgan fingerprint density at radius 1 is 1.04 bits per heavy atom. The number of benzene rings is 3. The van der Waals surface area contributed by atoms with Crippen molar-refractivity contribution < 1.29 is 39.2 Å². The Bertz CT molecular complexity index is 2380. The topological polar surface area (TPSA) is 135 Å². The number of H-pyrrole nitrogens is 1. The molecule has 0 aliphatic carbocycles. The van der Waals surface area contributed by atoms with Gasteiger partial charge in [-0.2, -0.15) is 13.2 Å². The van der Waals surface area contributed by atoms with Crippen LogP contribution in [-0.4, -0.2) is 38.0 Å². The molecule has 2 aromatic heterocycles. The summed E-state index contributed by atoms with van der Waals surface area (Å²) in [5, 5.41) is -0.216. The van der Waals surface area contributed by atoms with E-state index in [1.54, 1.807) is 0 Å². The molecule has 3 aromatic carbocycles. The van der Waals surface area contributed by atoms with Crippen LogP contribution in [0.5, 0.6) is 0 Å². The molecule has 0 saturated heterocycles. The third kappa shape index (κ3) is 5.84. The van der Waals surface area contributed by atoms with Gasteiger partial charge >= 0.3 is 6.18 Å². The van der Waals surface area contributed by atoms with E-state index in [-0.39, 0.29) is 43.8 Å². The van der Waals surface area contributed by atoms with Crippen molar-refractivity contribution >= 4 is 36.7 Å². The van der Waals surface area contributed by atoms with Crippen molar-refractivity contribution in [3.63, 3.8) is 0 Å². The molecule has 1 aliphatic heterocycles. The number of alkyl halides is 3. The van der Waals surface area contributed by atoms with E-state index in [4.69, 9.17) is 0 Å². The highest BCUT2D eigenvalue weighted by molar-refractivity contribution is 7.92. The van der Waals surface area contributed by atoms with Crippen molar-refractivity contribution in [3.05, 3.63) is 117 Å². The van der Waals surface area contributed by atoms with Gasteiger partial charge in [-0.25, -0.2) is 25.9 Å². The van der Waals surface area contributed by atoms with Crippen molar-refractivity contribution in [1.82, 2.24) is 14.3 Å². The standard InChI is InChI=1S/C32H25F4N3O6S2/c1-18-14-19-7-5-13-46(42,43)27(19)16-26(18)47(44,45)38-31(41)29-28(22-8-4-12-37-30(22)40)23-15-21(32(34,35)36)10-11-25(23)39(29)17-20-6-2-3-9-24(20)33/h2-4,6,8-12,14-16H,5,7,13,17H2,1H3,(H,37,40)(H,38,41). The highest BCUT2D eigenvalue weighted by atomic mass is 32.2. The van der Waals surface area contributed by atoms with E-state index in [0.29, 0.717) is 18.4 Å². The monoisotopic (exact) mass is 687 g/mol. The molecule has 3 heterocycles. The van der Waals surface area contributed by atoms with Crippen LogP contribution < -0.4 is 10.3 Å². The molecule has 2 N–H and O–H groups in total. The summed E-state index contributed by atoms with van der Waals surface area (Å²) in [6, 6.07) is 13.0. The minimum atomic E-state index is -4.82. The van der Waals surface area contributed by atoms with Gasteiger partial charge in [0, 0.05) is 33.8 Å². The van der Waals surface area contributed by atoms with Gasteiger partial charge in [0.05, 0.1) is 27.7 Å². The molecule has 0 spiro atoms. The lowest BCUT2D eigenvalue weighted by Gasteiger charge is -2.19. The van der Waals surface area contributed by atoms with E-state index >= 15 is 0 Å². The Kier molecular flexibility index (Phi) is 7.87. The van der Waals surface area contributed by atoms with E-state index in [2.05, 4.69) is 4.98 Å². The molecule has 0 radical (unpaired) electrons. The Hall–Kier alpha value is -4.76. The number of halogens is 4. The fourth-order valence-corrected chi connectivity index (χ4v) is 8.79. The second kappa shape index (κ2) is 11.5. The zero-order valence-corrected chi connectivity index (χ0v) is 26.1. The lowest BCUT2D eigenvalue weighted by atomic mass is 10.0. The maximum absolute atomic E-state index is 14.9. The number of fused-ring (bicyclic) bond motifs is 2. The third-order valence-corrected chi connectivity index (χ3v) is 11.4. The highest BCUT2D eigenvalue weighted by Crippen LogP contribution is 2.39. The van der Waals surface area contributed by atoms with Gasteiger partial charge in [-0.15, -0.1) is 0 Å². The average Bonchev–Trinajstić information content (AvgIpc) is 3.30. The van der Waals surface area contributed by atoms with Crippen molar-refractivity contribution in [3.8, 4) is 11.1 Å². The number of amides is 1. The molecule has 15 heteroatoms. The number of carbonyl (C=O) groups is 1. The summed E-state index contributed by atoms with van der Waals surface area (Å²) >= 11 is 0. The molecule has 0 saturated carbocycles. The molecule has 0 bridgehead atoms. The van der Waals surface area contributed by atoms with Crippen LogP contribution in [0.2, 0.25) is 0 Å². The summed E-state index contributed by atoms with van der Waals surface area (Å²) in [4.78, 5) is 28.9. The lowest BCUT2D eigenvalue weighted by Crippen LogP contribution is -2.33. The molecule has 1 aliphatic rings. The summed E-state index contributed by atoms with van der Waals surface area (Å²) in [5.41, 5.74) is -2.40. The van der Waals surface area contributed by atoms with Crippen LogP contribution in [0.4, 0.5) is 17.6 Å². The number of hydrogen-bond acceptors (Lipinski definition) is 6. The van der Waals surface area contributed by atoms with Gasteiger partial charge in [-0.3, -0.25) is 9.59 Å². The predicted octanol–water partition coefficient (Wildman–Crippen LogP) is 5.35. The number of aromatic amines is 1. The minimum Gasteiger partial charge on any atom is -0.331 e. The van der Waals surface area contributed by atoms with Crippen molar-refractivity contribution in [1.29, 1.82) is 0 Å². The number of pyridine rings is 1.